The lowest BCUT2D eigenvalue weighted by atomic mass is 9.54. The molecule has 2 N–H and O–H groups in total. The highest BCUT2D eigenvalue weighted by atomic mass is 19.4. The third-order valence-electron chi connectivity index (χ3n) is 5.10. The van der Waals surface area contributed by atoms with Crippen LogP contribution in [0.2, 0.25) is 0 Å². The number of carboxylic acids is 1. The van der Waals surface area contributed by atoms with Gasteiger partial charge in [0.05, 0.1) is 18.1 Å². The summed E-state index contributed by atoms with van der Waals surface area (Å²) in [5.41, 5.74) is -3.04. The van der Waals surface area contributed by atoms with Crippen LogP contribution in [0, 0.1) is 5.41 Å². The van der Waals surface area contributed by atoms with E-state index in [0.29, 0.717) is 6.61 Å². The molecule has 0 aromatic heterocycles. The lowest BCUT2D eigenvalue weighted by Crippen LogP contribution is -2.76. The van der Waals surface area contributed by atoms with Gasteiger partial charge in [-0.1, -0.05) is 32.0 Å². The molecule has 5 nitrogen and oxygen atoms in total. The highest BCUT2D eigenvalue weighted by Gasteiger charge is 2.66. The van der Waals surface area contributed by atoms with Crippen LogP contribution in [0.4, 0.5) is 13.2 Å². The summed E-state index contributed by atoms with van der Waals surface area (Å²) in [6.45, 7) is 5.59. The molecular formula is C18H22F3NO4. The van der Waals surface area contributed by atoms with Gasteiger partial charge in [-0.3, -0.25) is 4.79 Å². The van der Waals surface area contributed by atoms with Crippen molar-refractivity contribution in [2.45, 2.75) is 51.4 Å². The van der Waals surface area contributed by atoms with Crippen LogP contribution >= 0.6 is 0 Å². The summed E-state index contributed by atoms with van der Waals surface area (Å²) in [6, 6.07) is 4.43. The van der Waals surface area contributed by atoms with Crippen LogP contribution in [0.1, 0.15) is 38.3 Å². The third kappa shape index (κ3) is 3.56. The zero-order valence-electron chi connectivity index (χ0n) is 14.8. The number of nitrogens with one attached hydrogen (secondary N) is 1. The molecule has 1 aliphatic rings. The third-order valence-corrected chi connectivity index (χ3v) is 5.10. The predicted molar refractivity (Wildman–Crippen MR) is 87.5 cm³/mol. The molecule has 0 spiro atoms. The van der Waals surface area contributed by atoms with Gasteiger partial charge in [0.15, 0.2) is 0 Å². The first-order valence-electron chi connectivity index (χ1n) is 8.26. The number of hydrogen-bond donors (Lipinski definition) is 2. The Bertz CT molecular complexity index is 702. The number of carbonyl (C=O) groups is 2. The first kappa shape index (κ1) is 20.2. The summed E-state index contributed by atoms with van der Waals surface area (Å²) >= 11 is 0. The molecular weight excluding hydrogens is 351 g/mol. The Morgan fingerprint density at radius 2 is 2.00 bits per heavy atom. The van der Waals surface area contributed by atoms with Gasteiger partial charge in [-0.2, -0.15) is 13.2 Å². The minimum Gasteiger partial charge on any atom is -0.479 e. The van der Waals surface area contributed by atoms with Crippen LogP contribution in [0.5, 0.6) is 0 Å². The number of carboxylic acid groups (broad SMARTS) is 1. The summed E-state index contributed by atoms with van der Waals surface area (Å²) in [5.74, 6) is -1.83. The molecule has 2 rings (SSSR count). The van der Waals surface area contributed by atoms with E-state index in [4.69, 9.17) is 4.74 Å². The molecule has 1 aliphatic carbocycles. The Hall–Kier alpha value is -2.09. The zero-order chi connectivity index (χ0) is 19.8. The van der Waals surface area contributed by atoms with E-state index in [0.717, 1.165) is 12.1 Å². The molecule has 1 fully saturated rings. The molecule has 1 amide bonds. The molecule has 8 heteroatoms. The molecule has 0 bridgehead atoms. The van der Waals surface area contributed by atoms with Crippen LogP contribution in [0.3, 0.4) is 0 Å². The lowest BCUT2D eigenvalue weighted by molar-refractivity contribution is -0.194. The Kier molecular flexibility index (Phi) is 5.37. The fourth-order valence-electron chi connectivity index (χ4n) is 3.36. The van der Waals surface area contributed by atoms with Crippen LogP contribution in [0.15, 0.2) is 24.3 Å². The number of amides is 1. The normalized spacial score (nSPS) is 24.6. The molecule has 2 atom stereocenters. The summed E-state index contributed by atoms with van der Waals surface area (Å²) in [5, 5.41) is 12.2. The predicted octanol–water partition coefficient (Wildman–Crippen LogP) is 3.02. The highest BCUT2D eigenvalue weighted by molar-refractivity contribution is 5.90. The van der Waals surface area contributed by atoms with Crippen molar-refractivity contribution in [3.63, 3.8) is 0 Å². The number of aliphatic carboxylic acids is 1. The Morgan fingerprint density at radius 1 is 1.35 bits per heavy atom. The topological polar surface area (TPSA) is 75.6 Å². The second-order valence-electron chi connectivity index (χ2n) is 7.00. The standard InChI is InChI=1S/C18H22F3NO4/c1-4-26-13-10-17(15(24)25,16(13,2)3)22-14(23)9-11-6-5-7-12(8-11)18(19,20)21/h5-8,13H,4,9-10H2,1-3H3,(H,22,23)(H,24,25). The minimum absolute atomic E-state index is 0.109. The van der Waals surface area contributed by atoms with E-state index < -0.39 is 34.6 Å². The van der Waals surface area contributed by atoms with Crippen LogP contribution in [-0.2, 0) is 26.9 Å². The van der Waals surface area contributed by atoms with Gasteiger partial charge in [0.2, 0.25) is 5.91 Å². The molecule has 1 aromatic carbocycles. The summed E-state index contributed by atoms with van der Waals surface area (Å²) in [4.78, 5) is 24.2. The number of hydrogen-bond acceptors (Lipinski definition) is 3. The van der Waals surface area contributed by atoms with Gasteiger partial charge >= 0.3 is 12.1 Å². The van der Waals surface area contributed by atoms with E-state index in [1.807, 2.05) is 0 Å². The highest BCUT2D eigenvalue weighted by Crippen LogP contribution is 2.51. The average molecular weight is 373 g/mol. The van der Waals surface area contributed by atoms with E-state index in [9.17, 15) is 27.9 Å². The van der Waals surface area contributed by atoms with Gasteiger partial charge in [-0.15, -0.1) is 0 Å². The molecule has 0 radical (unpaired) electrons. The smallest absolute Gasteiger partial charge is 0.416 e. The lowest BCUT2D eigenvalue weighted by Gasteiger charge is -2.58. The summed E-state index contributed by atoms with van der Waals surface area (Å²) in [6.07, 6.45) is -5.06. The fourth-order valence-corrected chi connectivity index (χ4v) is 3.36. The number of halogens is 3. The summed E-state index contributed by atoms with van der Waals surface area (Å²) in [7, 11) is 0. The first-order chi connectivity index (χ1) is 11.9. The second-order valence-corrected chi connectivity index (χ2v) is 7.00. The van der Waals surface area contributed by atoms with Crippen molar-refractivity contribution in [1.29, 1.82) is 0 Å². The molecule has 26 heavy (non-hydrogen) atoms. The molecule has 1 aromatic rings. The van der Waals surface area contributed by atoms with Gasteiger partial charge in [0.25, 0.3) is 0 Å². The van der Waals surface area contributed by atoms with Crippen LogP contribution in [-0.4, -0.2) is 35.2 Å². The van der Waals surface area contributed by atoms with Gasteiger partial charge in [-0.25, -0.2) is 4.79 Å². The molecule has 1 saturated carbocycles. The Balaban J connectivity index is 2.14. The average Bonchev–Trinajstić information content (AvgIpc) is 2.52. The van der Waals surface area contributed by atoms with E-state index in [1.54, 1.807) is 20.8 Å². The number of ether oxygens (including phenoxy) is 1. The monoisotopic (exact) mass is 373 g/mol. The van der Waals surface area contributed by atoms with Crippen LogP contribution in [0.25, 0.3) is 0 Å². The van der Waals surface area contributed by atoms with Crippen molar-refractivity contribution in [1.82, 2.24) is 5.32 Å². The van der Waals surface area contributed by atoms with Gasteiger partial charge in [0.1, 0.15) is 5.54 Å². The number of rotatable bonds is 6. The van der Waals surface area contributed by atoms with Crippen molar-refractivity contribution in [3.8, 4) is 0 Å². The Labute approximate surface area is 149 Å². The zero-order valence-corrected chi connectivity index (χ0v) is 14.8. The van der Waals surface area contributed by atoms with Gasteiger partial charge in [0, 0.05) is 18.4 Å². The largest absolute Gasteiger partial charge is 0.479 e. The van der Waals surface area contributed by atoms with Crippen molar-refractivity contribution >= 4 is 11.9 Å². The molecule has 144 valence electrons. The quantitative estimate of drug-likeness (QED) is 0.804. The van der Waals surface area contributed by atoms with Crippen LogP contribution < -0.4 is 5.32 Å². The fraction of sp³-hybridized carbons (Fsp3) is 0.556. The molecule has 0 saturated heterocycles. The number of carbonyl (C=O) groups excluding carboxylic acids is 1. The maximum absolute atomic E-state index is 12.8. The summed E-state index contributed by atoms with van der Waals surface area (Å²) < 4.78 is 43.8. The maximum atomic E-state index is 12.8. The molecule has 0 heterocycles. The van der Waals surface area contributed by atoms with Crippen molar-refractivity contribution < 1.29 is 32.6 Å². The maximum Gasteiger partial charge on any atom is 0.416 e. The second kappa shape index (κ2) is 6.90. The number of benzene rings is 1. The first-order valence-corrected chi connectivity index (χ1v) is 8.26. The van der Waals surface area contributed by atoms with Crippen molar-refractivity contribution in [2.75, 3.05) is 6.61 Å². The minimum atomic E-state index is -4.50. The van der Waals surface area contributed by atoms with Crippen molar-refractivity contribution in [3.05, 3.63) is 35.4 Å². The van der Waals surface area contributed by atoms with E-state index >= 15 is 0 Å². The van der Waals surface area contributed by atoms with E-state index in [2.05, 4.69) is 5.32 Å². The van der Waals surface area contributed by atoms with E-state index in [1.165, 1.54) is 12.1 Å². The Morgan fingerprint density at radius 3 is 2.50 bits per heavy atom. The SMILES string of the molecule is CCOC1CC(NC(=O)Cc2cccc(C(F)(F)F)c2)(C(=O)O)C1(C)C. The van der Waals surface area contributed by atoms with Gasteiger partial charge in [-0.05, 0) is 18.6 Å². The van der Waals surface area contributed by atoms with E-state index in [-0.39, 0.29) is 24.5 Å². The van der Waals surface area contributed by atoms with Gasteiger partial charge < -0.3 is 15.2 Å². The molecule has 2 unspecified atom stereocenters. The number of alkyl halides is 3. The molecule has 0 aliphatic heterocycles. The van der Waals surface area contributed by atoms with Crippen molar-refractivity contribution in [2.24, 2.45) is 5.41 Å².